The predicted molar refractivity (Wildman–Crippen MR) is 139 cm³/mol. The molecule has 0 N–H and O–H groups in total. The van der Waals surface area contributed by atoms with E-state index in [2.05, 4.69) is 108 Å². The van der Waals surface area contributed by atoms with Crippen molar-refractivity contribution in [1.29, 1.82) is 0 Å². The molecule has 0 saturated heterocycles. The molecule has 0 bridgehead atoms. The van der Waals surface area contributed by atoms with Gasteiger partial charge in [-0.2, -0.15) is 0 Å². The fourth-order valence-electron chi connectivity index (χ4n) is 4.53. The Morgan fingerprint density at radius 1 is 0.667 bits per heavy atom. The zero-order valence-electron chi connectivity index (χ0n) is 19.7. The van der Waals surface area contributed by atoms with Crippen molar-refractivity contribution in [3.05, 3.63) is 58.7 Å². The molecule has 0 saturated carbocycles. The van der Waals surface area contributed by atoms with E-state index in [1.807, 2.05) is 0 Å². The molecular formula is C27H43BN2. The van der Waals surface area contributed by atoms with Crippen LogP contribution in [-0.4, -0.2) is 32.4 Å². The van der Waals surface area contributed by atoms with Crippen LogP contribution in [0.25, 0.3) is 0 Å². The topological polar surface area (TPSA) is 6.25 Å². The third-order valence-corrected chi connectivity index (χ3v) is 6.12. The summed E-state index contributed by atoms with van der Waals surface area (Å²) in [7, 11) is 0. The summed E-state index contributed by atoms with van der Waals surface area (Å²) in [6, 6.07) is 13.7. The Morgan fingerprint density at radius 2 is 1.07 bits per heavy atom. The van der Waals surface area contributed by atoms with Crippen LogP contribution in [0.1, 0.15) is 101 Å². The van der Waals surface area contributed by atoms with Crippen LogP contribution in [-0.2, 0) is 0 Å². The van der Waals surface area contributed by atoms with Gasteiger partial charge in [-0.3, -0.25) is 0 Å². The highest BCUT2D eigenvalue weighted by Crippen LogP contribution is 2.38. The van der Waals surface area contributed by atoms with Crippen LogP contribution in [0, 0.1) is 0 Å². The fraction of sp³-hybridized carbons (Fsp3) is 0.519. The second-order valence-corrected chi connectivity index (χ2v) is 9.69. The van der Waals surface area contributed by atoms with Crippen molar-refractivity contribution in [2.45, 2.75) is 79.1 Å². The average molecular weight is 406 g/mol. The molecule has 0 radical (unpaired) electrons. The first-order valence-electron chi connectivity index (χ1n) is 11.4. The highest BCUT2D eigenvalue weighted by molar-refractivity contribution is 5.82. The molecule has 0 unspecified atom stereocenters. The van der Waals surface area contributed by atoms with Crippen LogP contribution < -0.4 is 4.90 Å². The van der Waals surface area contributed by atoms with Gasteiger partial charge in [0.1, 0.15) is 24.5 Å². The zero-order chi connectivity index (χ0) is 21.3. The van der Waals surface area contributed by atoms with E-state index >= 15 is 0 Å². The van der Waals surface area contributed by atoms with Crippen LogP contribution >= 0.6 is 0 Å². The molecule has 0 aromatic heterocycles. The van der Waals surface area contributed by atoms with Gasteiger partial charge in [0.15, 0.2) is 0 Å². The van der Waals surface area contributed by atoms with Gasteiger partial charge < -0.3 is 0 Å². The molecule has 0 amide bonds. The van der Waals surface area contributed by atoms with Crippen molar-refractivity contribution >= 4 is 26.1 Å². The van der Waals surface area contributed by atoms with Gasteiger partial charge >= 0.3 is 0 Å². The van der Waals surface area contributed by atoms with Crippen LogP contribution in [0.15, 0.2) is 36.4 Å². The molecule has 0 aliphatic carbocycles. The molecule has 164 valence electrons. The summed E-state index contributed by atoms with van der Waals surface area (Å²) in [6.45, 7) is 20.5. The standard InChI is InChI=1S/C27H39N2.BH4/c1-18(2)22-11-9-12-23(19(3)4)26(22)28-15-16-29(17-28)27-24(20(5)6)13-10-14-25(27)21(7)8;/h9-14,17-21H,15-16H2,1-8H3;1H4/q+1;-1. The minimum absolute atomic E-state index is 0. The van der Waals surface area contributed by atoms with E-state index in [-0.39, 0.29) is 8.41 Å². The van der Waals surface area contributed by atoms with Crippen LogP contribution in [0.3, 0.4) is 0 Å². The average Bonchev–Trinajstić information content (AvgIpc) is 3.15. The zero-order valence-corrected chi connectivity index (χ0v) is 19.7. The number of anilines is 1. The SMILES string of the molecule is CC(C)c1cccc(C(C)C)c1N1C=[N+](c2c(C(C)C)cccc2C(C)C)CC1.[BH4-]. The number of hydrogen-bond acceptors (Lipinski definition) is 1. The van der Waals surface area contributed by atoms with Gasteiger partial charge in [-0.1, -0.05) is 100 Å². The van der Waals surface area contributed by atoms with Gasteiger partial charge in [0.05, 0.1) is 0 Å². The highest BCUT2D eigenvalue weighted by Gasteiger charge is 2.31. The molecule has 30 heavy (non-hydrogen) atoms. The largest absolute Gasteiger partial charge is 0.244 e. The predicted octanol–water partition coefficient (Wildman–Crippen LogP) is 5.92. The first kappa shape index (κ1) is 24.2. The molecule has 3 heteroatoms. The van der Waals surface area contributed by atoms with Gasteiger partial charge in [0.25, 0.3) is 0 Å². The molecule has 0 fully saturated rings. The summed E-state index contributed by atoms with van der Waals surface area (Å²) in [5.74, 6) is 2.06. The first-order valence-corrected chi connectivity index (χ1v) is 11.4. The lowest BCUT2D eigenvalue weighted by Gasteiger charge is -2.20. The Morgan fingerprint density at radius 3 is 1.47 bits per heavy atom. The van der Waals surface area contributed by atoms with E-state index in [0.717, 1.165) is 13.1 Å². The molecule has 1 heterocycles. The molecular weight excluding hydrogens is 363 g/mol. The second-order valence-electron chi connectivity index (χ2n) is 9.69. The minimum Gasteiger partial charge on any atom is -0.229 e. The number of rotatable bonds is 6. The second kappa shape index (κ2) is 9.85. The lowest BCUT2D eigenvalue weighted by atomic mass is 9.92. The molecule has 1 aliphatic heterocycles. The van der Waals surface area contributed by atoms with Gasteiger partial charge in [0, 0.05) is 22.3 Å². The van der Waals surface area contributed by atoms with E-state index in [1.54, 1.807) is 0 Å². The molecule has 3 rings (SSSR count). The van der Waals surface area contributed by atoms with E-state index < -0.39 is 0 Å². The van der Waals surface area contributed by atoms with Gasteiger partial charge in [-0.15, -0.1) is 0 Å². The summed E-state index contributed by atoms with van der Waals surface area (Å²) in [5, 5.41) is 0. The fourth-order valence-corrected chi connectivity index (χ4v) is 4.53. The summed E-state index contributed by atoms with van der Waals surface area (Å²) in [5.41, 5.74) is 8.67. The number of hydrogen-bond donors (Lipinski definition) is 0. The Hall–Kier alpha value is -2.03. The van der Waals surface area contributed by atoms with Crippen molar-refractivity contribution in [3.8, 4) is 0 Å². The summed E-state index contributed by atoms with van der Waals surface area (Å²) >= 11 is 0. The number of nitrogens with zero attached hydrogens (tertiary/aromatic N) is 2. The van der Waals surface area contributed by atoms with Gasteiger partial charge in [0.2, 0.25) is 6.34 Å². The summed E-state index contributed by atoms with van der Waals surface area (Å²) in [6.07, 6.45) is 2.38. The van der Waals surface area contributed by atoms with Crippen molar-refractivity contribution < 1.29 is 4.58 Å². The van der Waals surface area contributed by atoms with Crippen LogP contribution in [0.2, 0.25) is 0 Å². The first-order chi connectivity index (χ1) is 13.7. The quantitative estimate of drug-likeness (QED) is 0.426. The van der Waals surface area contributed by atoms with Crippen molar-refractivity contribution in [2.24, 2.45) is 0 Å². The third kappa shape index (κ3) is 4.66. The van der Waals surface area contributed by atoms with E-state index in [1.165, 1.54) is 33.6 Å². The lowest BCUT2D eigenvalue weighted by Crippen LogP contribution is -2.22. The Bertz CT molecular complexity index is 841. The van der Waals surface area contributed by atoms with Crippen molar-refractivity contribution in [2.75, 3.05) is 18.0 Å². The van der Waals surface area contributed by atoms with Crippen LogP contribution in [0.4, 0.5) is 11.4 Å². The van der Waals surface area contributed by atoms with E-state index in [4.69, 9.17) is 0 Å². The van der Waals surface area contributed by atoms with E-state index in [9.17, 15) is 0 Å². The molecule has 2 aromatic rings. The van der Waals surface area contributed by atoms with Crippen LogP contribution in [0.5, 0.6) is 0 Å². The maximum absolute atomic E-state index is 2.51. The molecule has 2 nitrogen and oxygen atoms in total. The highest BCUT2D eigenvalue weighted by atomic mass is 15.3. The minimum atomic E-state index is 0. The monoisotopic (exact) mass is 406 g/mol. The number of benzene rings is 2. The summed E-state index contributed by atoms with van der Waals surface area (Å²) in [4.78, 5) is 2.51. The summed E-state index contributed by atoms with van der Waals surface area (Å²) < 4.78 is 2.51. The molecule has 0 atom stereocenters. The Kier molecular flexibility index (Phi) is 7.96. The Balaban J connectivity index is 0.00000320. The van der Waals surface area contributed by atoms with Gasteiger partial charge in [-0.25, -0.2) is 9.48 Å². The van der Waals surface area contributed by atoms with E-state index in [0.29, 0.717) is 23.7 Å². The molecule has 2 aromatic carbocycles. The smallest absolute Gasteiger partial charge is 0.229 e. The maximum Gasteiger partial charge on any atom is 0.244 e. The number of para-hydroxylation sites is 2. The Labute approximate surface area is 186 Å². The maximum atomic E-state index is 2.51. The molecule has 1 aliphatic rings. The van der Waals surface area contributed by atoms with Gasteiger partial charge in [-0.05, 0) is 23.7 Å². The third-order valence-electron chi connectivity index (χ3n) is 6.12. The normalized spacial score (nSPS) is 14.1. The lowest BCUT2D eigenvalue weighted by molar-refractivity contribution is -0.425. The van der Waals surface area contributed by atoms with Crippen molar-refractivity contribution in [3.63, 3.8) is 0 Å². The molecule has 0 spiro atoms. The van der Waals surface area contributed by atoms with Crippen molar-refractivity contribution in [1.82, 2.24) is 0 Å².